The second-order valence-electron chi connectivity index (χ2n) is 7.14. The maximum absolute atomic E-state index is 12.6. The molecule has 4 rings (SSSR count). The summed E-state index contributed by atoms with van der Waals surface area (Å²) < 4.78 is 27.8. The van der Waals surface area contributed by atoms with Gasteiger partial charge in [-0.15, -0.1) is 0 Å². The molecule has 1 aliphatic heterocycles. The molecule has 0 radical (unpaired) electrons. The van der Waals surface area contributed by atoms with Gasteiger partial charge in [0.15, 0.2) is 0 Å². The molecule has 2 atom stereocenters. The van der Waals surface area contributed by atoms with E-state index in [1.807, 2.05) is 12.1 Å². The van der Waals surface area contributed by atoms with Crippen molar-refractivity contribution in [3.63, 3.8) is 0 Å². The highest BCUT2D eigenvalue weighted by Crippen LogP contribution is 2.32. The number of anilines is 1. The molecule has 1 saturated carbocycles. The lowest BCUT2D eigenvalue weighted by Crippen LogP contribution is -2.40. The SMILES string of the molecule is NC1=NCc2ccc(-c3ccc(NS(=O)(=O)[C@@H]4CCCC[C@@H]4O)cc3Cl)nc21. The molecule has 9 heteroatoms. The highest BCUT2D eigenvalue weighted by Gasteiger charge is 2.34. The zero-order chi connectivity index (χ0) is 19.9. The Morgan fingerprint density at radius 3 is 2.71 bits per heavy atom. The lowest BCUT2D eigenvalue weighted by atomic mass is 9.97. The molecule has 2 aromatic rings. The van der Waals surface area contributed by atoms with Crippen molar-refractivity contribution < 1.29 is 13.5 Å². The molecule has 0 spiro atoms. The molecule has 2 heterocycles. The number of amidine groups is 1. The number of hydrogen-bond donors (Lipinski definition) is 3. The van der Waals surface area contributed by atoms with Crippen LogP contribution < -0.4 is 10.5 Å². The van der Waals surface area contributed by atoms with Crippen LogP contribution in [0.5, 0.6) is 0 Å². The summed E-state index contributed by atoms with van der Waals surface area (Å²) in [5.41, 5.74) is 9.15. The van der Waals surface area contributed by atoms with Gasteiger partial charge in [-0.2, -0.15) is 0 Å². The summed E-state index contributed by atoms with van der Waals surface area (Å²) in [5.74, 6) is 0.406. The molecule has 28 heavy (non-hydrogen) atoms. The van der Waals surface area contributed by atoms with Crippen LogP contribution in [0.15, 0.2) is 35.3 Å². The molecule has 0 unspecified atom stereocenters. The lowest BCUT2D eigenvalue weighted by molar-refractivity contribution is 0.133. The summed E-state index contributed by atoms with van der Waals surface area (Å²) in [7, 11) is -3.70. The standard InChI is InChI=1S/C19H21ClN4O3S/c20-14-9-12(24-28(26,27)17-4-2-1-3-16(17)25)6-7-13(14)15-8-5-11-10-22-19(21)18(11)23-15/h5-9,16-17,24-25H,1-4,10H2,(H2,21,22)/t16-,17+/m0/s1. The molecule has 1 aromatic heterocycles. The summed E-state index contributed by atoms with van der Waals surface area (Å²) >= 11 is 6.41. The molecule has 1 aliphatic carbocycles. The number of aliphatic hydroxyl groups is 1. The average Bonchev–Trinajstić information content (AvgIpc) is 3.02. The molecular weight excluding hydrogens is 400 g/mol. The Morgan fingerprint density at radius 1 is 1.18 bits per heavy atom. The number of nitrogens with two attached hydrogens (primary N) is 1. The van der Waals surface area contributed by atoms with E-state index in [1.165, 1.54) is 0 Å². The first-order chi connectivity index (χ1) is 13.3. The number of aromatic nitrogens is 1. The molecule has 0 saturated heterocycles. The van der Waals surface area contributed by atoms with E-state index in [-0.39, 0.29) is 0 Å². The number of nitrogens with one attached hydrogen (secondary N) is 1. The van der Waals surface area contributed by atoms with Crippen LogP contribution in [-0.4, -0.2) is 35.7 Å². The minimum atomic E-state index is -3.70. The first kappa shape index (κ1) is 19.2. The Bertz CT molecular complexity index is 1060. The van der Waals surface area contributed by atoms with Crippen LogP contribution in [0, 0.1) is 0 Å². The van der Waals surface area contributed by atoms with Gasteiger partial charge in [0.05, 0.1) is 29.1 Å². The average molecular weight is 421 g/mol. The van der Waals surface area contributed by atoms with E-state index in [4.69, 9.17) is 17.3 Å². The number of rotatable bonds is 4. The largest absolute Gasteiger partial charge is 0.392 e. The highest BCUT2D eigenvalue weighted by atomic mass is 35.5. The van der Waals surface area contributed by atoms with E-state index in [0.29, 0.717) is 52.9 Å². The van der Waals surface area contributed by atoms with Gasteiger partial charge in [-0.25, -0.2) is 13.4 Å². The lowest BCUT2D eigenvalue weighted by Gasteiger charge is -2.27. The molecule has 0 amide bonds. The van der Waals surface area contributed by atoms with Gasteiger partial charge in [0.25, 0.3) is 0 Å². The fraction of sp³-hybridized carbons (Fsp3) is 0.368. The number of aliphatic imine (C=N–C) groups is 1. The number of benzene rings is 1. The number of sulfonamides is 1. The molecule has 0 bridgehead atoms. The molecule has 1 fully saturated rings. The van der Waals surface area contributed by atoms with Crippen molar-refractivity contribution in [3.8, 4) is 11.3 Å². The van der Waals surface area contributed by atoms with Crippen molar-refractivity contribution in [1.82, 2.24) is 4.98 Å². The van der Waals surface area contributed by atoms with Crippen molar-refractivity contribution in [1.29, 1.82) is 0 Å². The predicted molar refractivity (Wildman–Crippen MR) is 110 cm³/mol. The third-order valence-electron chi connectivity index (χ3n) is 5.21. The predicted octanol–water partition coefficient (Wildman–Crippen LogP) is 2.67. The van der Waals surface area contributed by atoms with Gasteiger partial charge >= 0.3 is 0 Å². The van der Waals surface area contributed by atoms with E-state index < -0.39 is 21.4 Å². The molecule has 148 valence electrons. The first-order valence-corrected chi connectivity index (χ1v) is 11.1. The van der Waals surface area contributed by atoms with E-state index in [0.717, 1.165) is 18.4 Å². The Balaban J connectivity index is 1.59. The van der Waals surface area contributed by atoms with Crippen molar-refractivity contribution in [2.24, 2.45) is 10.7 Å². The van der Waals surface area contributed by atoms with Gasteiger partial charge in [-0.3, -0.25) is 9.71 Å². The Hall–Kier alpha value is -2.16. The van der Waals surface area contributed by atoms with Crippen LogP contribution in [0.2, 0.25) is 5.02 Å². The number of pyridine rings is 1. The number of nitrogens with zero attached hydrogens (tertiary/aromatic N) is 2. The molecule has 1 aromatic carbocycles. The number of hydrogen-bond acceptors (Lipinski definition) is 6. The molecule has 4 N–H and O–H groups in total. The quantitative estimate of drug-likeness (QED) is 0.702. The monoisotopic (exact) mass is 420 g/mol. The Morgan fingerprint density at radius 2 is 1.96 bits per heavy atom. The minimum Gasteiger partial charge on any atom is -0.392 e. The number of halogens is 1. The van der Waals surface area contributed by atoms with Crippen molar-refractivity contribution in [2.45, 2.75) is 43.6 Å². The van der Waals surface area contributed by atoms with E-state index in [1.54, 1.807) is 18.2 Å². The maximum Gasteiger partial charge on any atom is 0.238 e. The van der Waals surface area contributed by atoms with Crippen LogP contribution in [0.1, 0.15) is 36.9 Å². The molecular formula is C19H21ClN4O3S. The van der Waals surface area contributed by atoms with E-state index in [9.17, 15) is 13.5 Å². The molecule has 2 aliphatic rings. The molecule has 7 nitrogen and oxygen atoms in total. The van der Waals surface area contributed by atoms with Crippen molar-refractivity contribution in [3.05, 3.63) is 46.6 Å². The highest BCUT2D eigenvalue weighted by molar-refractivity contribution is 7.93. The minimum absolute atomic E-state index is 0.355. The van der Waals surface area contributed by atoms with Gasteiger partial charge in [0.1, 0.15) is 16.8 Å². The van der Waals surface area contributed by atoms with Gasteiger partial charge in [-0.1, -0.05) is 30.5 Å². The topological polar surface area (TPSA) is 118 Å². The van der Waals surface area contributed by atoms with Crippen LogP contribution in [0.3, 0.4) is 0 Å². The zero-order valence-corrected chi connectivity index (χ0v) is 16.7. The zero-order valence-electron chi connectivity index (χ0n) is 15.1. The summed E-state index contributed by atoms with van der Waals surface area (Å²) in [4.78, 5) is 8.71. The maximum atomic E-state index is 12.6. The fourth-order valence-corrected chi connectivity index (χ4v) is 5.61. The van der Waals surface area contributed by atoms with Gasteiger partial charge in [-0.05, 0) is 37.1 Å². The number of aliphatic hydroxyl groups excluding tert-OH is 1. The summed E-state index contributed by atoms with van der Waals surface area (Å²) in [6.45, 7) is 0.524. The number of fused-ring (bicyclic) bond motifs is 1. The van der Waals surface area contributed by atoms with Gasteiger partial charge in [0.2, 0.25) is 10.0 Å². The van der Waals surface area contributed by atoms with Crippen LogP contribution in [0.4, 0.5) is 5.69 Å². The second-order valence-corrected chi connectivity index (χ2v) is 9.44. The van der Waals surface area contributed by atoms with Gasteiger partial charge < -0.3 is 10.8 Å². The summed E-state index contributed by atoms with van der Waals surface area (Å²) in [5, 5.41) is 9.62. The van der Waals surface area contributed by atoms with Crippen molar-refractivity contribution >= 4 is 33.1 Å². The fourth-order valence-electron chi connectivity index (χ4n) is 3.70. The van der Waals surface area contributed by atoms with E-state index in [2.05, 4.69) is 14.7 Å². The smallest absolute Gasteiger partial charge is 0.238 e. The van der Waals surface area contributed by atoms with Crippen LogP contribution >= 0.6 is 11.6 Å². The summed E-state index contributed by atoms with van der Waals surface area (Å²) in [6, 6.07) is 8.67. The third kappa shape index (κ3) is 3.59. The third-order valence-corrected chi connectivity index (χ3v) is 7.39. The van der Waals surface area contributed by atoms with Gasteiger partial charge in [0, 0.05) is 11.1 Å². The Labute approximate surface area is 168 Å². The van der Waals surface area contributed by atoms with Crippen LogP contribution in [0.25, 0.3) is 11.3 Å². The van der Waals surface area contributed by atoms with Crippen LogP contribution in [-0.2, 0) is 16.6 Å². The summed E-state index contributed by atoms with van der Waals surface area (Å²) in [6.07, 6.45) is 1.74. The normalized spacial score (nSPS) is 21.9. The first-order valence-electron chi connectivity index (χ1n) is 9.15. The van der Waals surface area contributed by atoms with E-state index >= 15 is 0 Å². The van der Waals surface area contributed by atoms with Crippen molar-refractivity contribution in [2.75, 3.05) is 4.72 Å². The Kier molecular flexibility index (Phi) is 5.03. The second kappa shape index (κ2) is 7.35.